The molecule has 0 aliphatic carbocycles. The molecular formula is C27H33F3N4O5S. The van der Waals surface area contributed by atoms with E-state index in [1.165, 1.54) is 4.90 Å². The summed E-state index contributed by atoms with van der Waals surface area (Å²) in [6.07, 6.45) is -1.01. The molecule has 0 bridgehead atoms. The van der Waals surface area contributed by atoms with Crippen molar-refractivity contribution in [2.24, 2.45) is 5.41 Å². The molecule has 1 saturated heterocycles. The number of piperazine rings is 1. The molecule has 9 nitrogen and oxygen atoms in total. The minimum atomic E-state index is -6.10. The topological polar surface area (TPSA) is 124 Å². The number of aryl methyl sites for hydroxylation is 1. The van der Waals surface area contributed by atoms with Gasteiger partial charge < -0.3 is 14.2 Å². The summed E-state index contributed by atoms with van der Waals surface area (Å²) in [7, 11) is -6.10. The van der Waals surface area contributed by atoms with E-state index < -0.39 is 38.6 Å². The Labute approximate surface area is 232 Å². The van der Waals surface area contributed by atoms with Gasteiger partial charge in [0.25, 0.3) is 5.88 Å². The largest absolute Gasteiger partial charge is 0.534 e. The highest BCUT2D eigenvalue weighted by atomic mass is 32.2. The molecule has 0 saturated carbocycles. The number of rotatable bonds is 6. The molecule has 1 aromatic heterocycles. The Morgan fingerprint density at radius 2 is 1.75 bits per heavy atom. The minimum Gasteiger partial charge on any atom is -0.465 e. The van der Waals surface area contributed by atoms with Gasteiger partial charge in [-0.2, -0.15) is 26.9 Å². The first kappa shape index (κ1) is 31.2. The van der Waals surface area contributed by atoms with Crippen LogP contribution in [0.4, 0.5) is 18.0 Å². The van der Waals surface area contributed by atoms with E-state index in [1.807, 2.05) is 32.6 Å². The number of alkyl halides is 3. The van der Waals surface area contributed by atoms with Gasteiger partial charge in [0.15, 0.2) is 0 Å². The number of halogens is 3. The van der Waals surface area contributed by atoms with Gasteiger partial charge in [-0.3, -0.25) is 4.90 Å². The molecule has 13 heteroatoms. The Morgan fingerprint density at radius 3 is 2.25 bits per heavy atom. The fourth-order valence-corrected chi connectivity index (χ4v) is 5.16. The fraction of sp³-hybridized carbons (Fsp3) is 0.519. The lowest BCUT2D eigenvalue weighted by Crippen LogP contribution is -2.60. The van der Waals surface area contributed by atoms with E-state index in [-0.39, 0.29) is 29.3 Å². The zero-order valence-electron chi connectivity index (χ0n) is 23.2. The molecule has 3 rings (SSSR count). The van der Waals surface area contributed by atoms with Crippen LogP contribution in [-0.2, 0) is 15.5 Å². The second-order valence-corrected chi connectivity index (χ2v) is 13.2. The summed E-state index contributed by atoms with van der Waals surface area (Å²) >= 11 is 0. The monoisotopic (exact) mass is 582 g/mol. The van der Waals surface area contributed by atoms with E-state index in [0.717, 1.165) is 5.56 Å². The number of benzene rings is 1. The third-order valence-electron chi connectivity index (χ3n) is 6.95. The normalized spacial score (nSPS) is 17.4. The first-order valence-electron chi connectivity index (χ1n) is 12.5. The van der Waals surface area contributed by atoms with Crippen molar-refractivity contribution in [3.05, 3.63) is 47.2 Å². The maximum absolute atomic E-state index is 13.2. The molecule has 1 aromatic carbocycles. The number of nitriles is 1. The van der Waals surface area contributed by atoms with Crippen molar-refractivity contribution in [2.45, 2.75) is 58.5 Å². The summed E-state index contributed by atoms with van der Waals surface area (Å²) < 4.78 is 67.9. The van der Waals surface area contributed by atoms with Crippen LogP contribution >= 0.6 is 0 Å². The number of amides is 1. The third kappa shape index (κ3) is 6.67. The predicted molar refractivity (Wildman–Crippen MR) is 142 cm³/mol. The van der Waals surface area contributed by atoms with E-state index in [2.05, 4.69) is 9.17 Å². The summed E-state index contributed by atoms with van der Waals surface area (Å²) in [4.78, 5) is 19.4. The molecule has 1 fully saturated rings. The molecule has 0 radical (unpaired) electrons. The molecule has 40 heavy (non-hydrogen) atoms. The van der Waals surface area contributed by atoms with Crippen molar-refractivity contribution < 1.29 is 35.7 Å². The molecule has 218 valence electrons. The molecule has 1 aliphatic heterocycles. The van der Waals surface area contributed by atoms with Crippen LogP contribution < -0.4 is 4.18 Å². The van der Waals surface area contributed by atoms with Gasteiger partial charge in [-0.15, -0.1) is 0 Å². The summed E-state index contributed by atoms with van der Waals surface area (Å²) in [6.45, 7) is 12.7. The van der Waals surface area contributed by atoms with Crippen molar-refractivity contribution in [3.8, 4) is 23.1 Å². The van der Waals surface area contributed by atoms with Gasteiger partial charge in [0.05, 0.1) is 11.7 Å². The first-order chi connectivity index (χ1) is 18.3. The zero-order valence-corrected chi connectivity index (χ0v) is 24.0. The summed E-state index contributed by atoms with van der Waals surface area (Å²) in [5.41, 5.74) is -5.64. The molecule has 1 unspecified atom stereocenters. The Morgan fingerprint density at radius 1 is 1.15 bits per heavy atom. The molecule has 1 atom stereocenters. The molecule has 1 N–H and O–H groups in total. The number of nitrogens with zero attached hydrogens (tertiary/aromatic N) is 4. The average Bonchev–Trinajstić information content (AvgIpc) is 2.82. The van der Waals surface area contributed by atoms with Gasteiger partial charge in [0.2, 0.25) is 0 Å². The van der Waals surface area contributed by atoms with Crippen LogP contribution in [0.15, 0.2) is 30.3 Å². The lowest BCUT2D eigenvalue weighted by molar-refractivity contribution is -0.0501. The van der Waals surface area contributed by atoms with E-state index >= 15 is 0 Å². The lowest BCUT2D eigenvalue weighted by atomic mass is 9.82. The van der Waals surface area contributed by atoms with Crippen molar-refractivity contribution in [1.82, 2.24) is 14.8 Å². The molecule has 2 heterocycles. The number of hydrogen-bond acceptors (Lipinski definition) is 7. The second-order valence-electron chi connectivity index (χ2n) is 11.7. The van der Waals surface area contributed by atoms with E-state index in [0.29, 0.717) is 25.2 Å². The van der Waals surface area contributed by atoms with Gasteiger partial charge in [-0.25, -0.2) is 9.78 Å². The number of aromatic nitrogens is 1. The molecule has 1 amide bonds. The summed E-state index contributed by atoms with van der Waals surface area (Å²) in [5.74, 6) is -0.954. The van der Waals surface area contributed by atoms with Gasteiger partial charge in [-0.05, 0) is 24.0 Å². The fourth-order valence-electron chi connectivity index (χ4n) is 4.74. The Kier molecular flexibility index (Phi) is 8.49. The van der Waals surface area contributed by atoms with Gasteiger partial charge >= 0.3 is 21.7 Å². The maximum atomic E-state index is 13.2. The zero-order chi connectivity index (χ0) is 30.3. The highest BCUT2D eigenvalue weighted by Crippen LogP contribution is 2.37. The highest BCUT2D eigenvalue weighted by Gasteiger charge is 2.49. The van der Waals surface area contributed by atoms with Crippen LogP contribution in [0.2, 0.25) is 0 Å². The van der Waals surface area contributed by atoms with E-state index in [1.54, 1.807) is 50.2 Å². The third-order valence-corrected chi connectivity index (χ3v) is 7.90. The van der Waals surface area contributed by atoms with Crippen LogP contribution in [0, 0.1) is 23.7 Å². The molecule has 2 aromatic rings. The van der Waals surface area contributed by atoms with E-state index in [4.69, 9.17) is 0 Å². The van der Waals surface area contributed by atoms with Crippen LogP contribution in [0.1, 0.15) is 51.4 Å². The van der Waals surface area contributed by atoms with E-state index in [9.17, 15) is 36.8 Å². The molecule has 0 spiro atoms. The Bertz CT molecular complexity index is 1410. The standard InChI is InChI=1S/C27H33F3N4O5S/c1-17-7-9-18(10-8-17)19-13-21(32-23(20(19)14-31)39-40(37,38)27(28,29)30)26(5,6)16-33-11-12-34(24(35)36)22(15-33)25(2,3)4/h7-10,13,22H,11-12,15-16H2,1-6H3,(H,35,36). The number of hydrogen-bond donors (Lipinski definition) is 1. The molecular weight excluding hydrogens is 549 g/mol. The second kappa shape index (κ2) is 10.9. The summed E-state index contributed by atoms with van der Waals surface area (Å²) in [5, 5.41) is 19.5. The lowest BCUT2D eigenvalue weighted by Gasteiger charge is -2.47. The Balaban J connectivity index is 2.10. The van der Waals surface area contributed by atoms with Crippen molar-refractivity contribution in [1.29, 1.82) is 5.26 Å². The first-order valence-corrected chi connectivity index (χ1v) is 13.9. The van der Waals surface area contributed by atoms with Gasteiger partial charge in [-0.1, -0.05) is 64.4 Å². The van der Waals surface area contributed by atoms with Crippen LogP contribution in [0.3, 0.4) is 0 Å². The molecule has 1 aliphatic rings. The predicted octanol–water partition coefficient (Wildman–Crippen LogP) is 5.15. The van der Waals surface area contributed by atoms with Gasteiger partial charge in [0.1, 0.15) is 11.6 Å². The summed E-state index contributed by atoms with van der Waals surface area (Å²) in [6, 6.07) is 9.85. The smallest absolute Gasteiger partial charge is 0.465 e. The minimum absolute atomic E-state index is 0.177. The SMILES string of the molecule is Cc1ccc(-c2cc(C(C)(C)CN3CCN(C(=O)O)C(C(C)(C)C)C3)nc(OS(=O)(=O)C(F)(F)F)c2C#N)cc1. The van der Waals surface area contributed by atoms with Gasteiger partial charge in [0, 0.05) is 37.2 Å². The number of carboxylic acid groups (broad SMARTS) is 1. The van der Waals surface area contributed by atoms with Crippen molar-refractivity contribution >= 4 is 16.2 Å². The maximum Gasteiger partial charge on any atom is 0.534 e. The quantitative estimate of drug-likeness (QED) is 0.367. The number of pyridine rings is 1. The highest BCUT2D eigenvalue weighted by molar-refractivity contribution is 7.88. The Hall–Kier alpha value is -3.37. The van der Waals surface area contributed by atoms with Crippen molar-refractivity contribution in [3.63, 3.8) is 0 Å². The van der Waals surface area contributed by atoms with Crippen molar-refractivity contribution in [2.75, 3.05) is 26.2 Å². The average molecular weight is 583 g/mol. The van der Waals surface area contributed by atoms with Crippen LogP contribution in [0.25, 0.3) is 11.1 Å². The van der Waals surface area contributed by atoms with Crippen LogP contribution in [0.5, 0.6) is 5.88 Å². The van der Waals surface area contributed by atoms with Crippen LogP contribution in [-0.4, -0.2) is 72.1 Å². The number of carbonyl (C=O) groups is 1.